The SMILES string of the molecule is CC(CNC(=O)c1cc(S(N)(=O)=O)ccc1Cl)S(C)=O. The summed E-state index contributed by atoms with van der Waals surface area (Å²) in [5.74, 6) is -0.544. The number of hydrogen-bond donors (Lipinski definition) is 2. The average molecular weight is 339 g/mol. The predicted molar refractivity (Wildman–Crippen MR) is 78.7 cm³/mol. The highest BCUT2D eigenvalue weighted by molar-refractivity contribution is 7.89. The molecule has 0 aliphatic carbocycles. The molecule has 0 aromatic heterocycles. The Morgan fingerprint density at radius 3 is 2.60 bits per heavy atom. The van der Waals surface area contributed by atoms with Crippen LogP contribution in [-0.4, -0.2) is 36.6 Å². The lowest BCUT2D eigenvalue weighted by Crippen LogP contribution is -2.32. The molecule has 0 aliphatic heterocycles. The number of primary sulfonamides is 1. The molecule has 9 heteroatoms. The minimum atomic E-state index is -3.91. The molecule has 1 aromatic rings. The molecule has 0 heterocycles. The van der Waals surface area contributed by atoms with E-state index >= 15 is 0 Å². The summed E-state index contributed by atoms with van der Waals surface area (Å²) in [6.45, 7) is 1.91. The van der Waals surface area contributed by atoms with Crippen LogP contribution < -0.4 is 10.5 Å². The van der Waals surface area contributed by atoms with Crippen LogP contribution in [0.3, 0.4) is 0 Å². The molecule has 0 aliphatic rings. The van der Waals surface area contributed by atoms with Crippen molar-refractivity contribution in [3.8, 4) is 0 Å². The Kier molecular flexibility index (Phi) is 5.69. The van der Waals surface area contributed by atoms with Gasteiger partial charge in [-0.1, -0.05) is 11.6 Å². The van der Waals surface area contributed by atoms with E-state index in [-0.39, 0.29) is 27.3 Å². The Bertz CT molecular complexity index is 646. The summed E-state index contributed by atoms with van der Waals surface area (Å²) in [7, 11) is -4.98. The lowest BCUT2D eigenvalue weighted by molar-refractivity contribution is 0.0954. The van der Waals surface area contributed by atoms with Gasteiger partial charge < -0.3 is 5.32 Å². The number of sulfonamides is 1. The van der Waals surface area contributed by atoms with Gasteiger partial charge in [-0.3, -0.25) is 9.00 Å². The molecule has 0 bridgehead atoms. The largest absolute Gasteiger partial charge is 0.351 e. The molecular weight excluding hydrogens is 324 g/mol. The van der Waals surface area contributed by atoms with Crippen molar-refractivity contribution in [3.63, 3.8) is 0 Å². The van der Waals surface area contributed by atoms with Crippen molar-refractivity contribution in [1.82, 2.24) is 5.32 Å². The number of nitrogens with two attached hydrogens (primary N) is 1. The molecule has 2 unspecified atom stereocenters. The number of carbonyl (C=O) groups excluding carboxylic acids is 1. The number of benzene rings is 1. The number of halogens is 1. The Morgan fingerprint density at radius 1 is 1.50 bits per heavy atom. The summed E-state index contributed by atoms with van der Waals surface area (Å²) in [5, 5.41) is 7.43. The first kappa shape index (κ1) is 17.1. The summed E-state index contributed by atoms with van der Waals surface area (Å²) >= 11 is 5.86. The summed E-state index contributed by atoms with van der Waals surface area (Å²) in [6, 6.07) is 3.62. The number of rotatable bonds is 5. The van der Waals surface area contributed by atoms with Crippen LogP contribution in [0.2, 0.25) is 5.02 Å². The van der Waals surface area contributed by atoms with Crippen LogP contribution in [0, 0.1) is 0 Å². The van der Waals surface area contributed by atoms with Gasteiger partial charge >= 0.3 is 0 Å². The van der Waals surface area contributed by atoms with Gasteiger partial charge in [-0.2, -0.15) is 0 Å². The number of hydrogen-bond acceptors (Lipinski definition) is 4. The molecule has 1 rings (SSSR count). The zero-order valence-electron chi connectivity index (χ0n) is 10.9. The van der Waals surface area contributed by atoms with E-state index in [1.54, 1.807) is 6.92 Å². The average Bonchev–Trinajstić information content (AvgIpc) is 2.34. The highest BCUT2D eigenvalue weighted by atomic mass is 35.5. The fourth-order valence-corrected chi connectivity index (χ4v) is 2.37. The van der Waals surface area contributed by atoms with Crippen molar-refractivity contribution in [1.29, 1.82) is 0 Å². The van der Waals surface area contributed by atoms with Gasteiger partial charge in [0.2, 0.25) is 10.0 Å². The van der Waals surface area contributed by atoms with E-state index in [1.165, 1.54) is 18.4 Å². The van der Waals surface area contributed by atoms with Crippen molar-refractivity contribution in [2.75, 3.05) is 12.8 Å². The van der Waals surface area contributed by atoms with Crippen LogP contribution in [0.1, 0.15) is 17.3 Å². The van der Waals surface area contributed by atoms with Crippen molar-refractivity contribution >= 4 is 38.3 Å². The van der Waals surface area contributed by atoms with Gasteiger partial charge in [-0.15, -0.1) is 0 Å². The van der Waals surface area contributed by atoms with Gasteiger partial charge in [0.05, 0.1) is 15.5 Å². The summed E-state index contributed by atoms with van der Waals surface area (Å²) in [6.07, 6.45) is 1.53. The topological polar surface area (TPSA) is 106 Å². The Morgan fingerprint density at radius 2 is 2.10 bits per heavy atom. The number of nitrogens with one attached hydrogen (secondary N) is 1. The highest BCUT2D eigenvalue weighted by Gasteiger charge is 2.16. The Labute approximate surface area is 125 Å². The van der Waals surface area contributed by atoms with Gasteiger partial charge in [0.1, 0.15) is 0 Å². The number of amides is 1. The van der Waals surface area contributed by atoms with Crippen molar-refractivity contribution in [2.24, 2.45) is 5.14 Å². The first-order chi connectivity index (χ1) is 9.12. The third kappa shape index (κ3) is 4.55. The summed E-state index contributed by atoms with van der Waals surface area (Å²) in [4.78, 5) is 11.7. The maximum Gasteiger partial charge on any atom is 0.252 e. The molecule has 0 radical (unpaired) electrons. The first-order valence-corrected chi connectivity index (χ1v) is 9.10. The van der Waals surface area contributed by atoms with Crippen LogP contribution in [0.4, 0.5) is 0 Å². The molecule has 1 aromatic carbocycles. The molecule has 20 heavy (non-hydrogen) atoms. The first-order valence-electron chi connectivity index (χ1n) is 5.55. The van der Waals surface area contributed by atoms with Crippen LogP contribution >= 0.6 is 11.6 Å². The van der Waals surface area contributed by atoms with E-state index in [1.807, 2.05) is 0 Å². The molecule has 1 amide bonds. The fourth-order valence-electron chi connectivity index (χ4n) is 1.30. The van der Waals surface area contributed by atoms with Gasteiger partial charge in [0.25, 0.3) is 5.91 Å². The van der Waals surface area contributed by atoms with E-state index in [0.29, 0.717) is 0 Å². The Hall–Kier alpha value is -0.960. The normalized spacial score (nSPS) is 14.6. The third-order valence-electron chi connectivity index (χ3n) is 2.63. The molecule has 0 spiro atoms. The number of carbonyl (C=O) groups is 1. The van der Waals surface area contributed by atoms with E-state index in [4.69, 9.17) is 16.7 Å². The lowest BCUT2D eigenvalue weighted by atomic mass is 10.2. The lowest BCUT2D eigenvalue weighted by Gasteiger charge is -2.11. The Balaban J connectivity index is 2.96. The molecule has 0 fully saturated rings. The second-order valence-electron chi connectivity index (χ2n) is 4.21. The molecular formula is C11H15ClN2O4S2. The standard InChI is InChI=1S/C11H15ClN2O4S2/c1-7(19(2)16)6-14-11(15)9-5-8(20(13,17)18)3-4-10(9)12/h3-5,7H,6H2,1-2H3,(H,14,15)(H2,13,17,18). The molecule has 0 saturated heterocycles. The van der Waals surface area contributed by atoms with Gasteiger partial charge in [0.15, 0.2) is 0 Å². The van der Waals surface area contributed by atoms with Gasteiger partial charge in [-0.25, -0.2) is 13.6 Å². The van der Waals surface area contributed by atoms with Crippen LogP contribution in [0.15, 0.2) is 23.1 Å². The second kappa shape index (κ2) is 6.66. The third-order valence-corrected chi connectivity index (χ3v) is 5.17. The molecule has 0 saturated carbocycles. The van der Waals surface area contributed by atoms with Crippen molar-refractivity contribution < 1.29 is 17.4 Å². The monoisotopic (exact) mass is 338 g/mol. The predicted octanol–water partition coefficient (Wildman–Crippen LogP) is 0.484. The summed E-state index contributed by atoms with van der Waals surface area (Å²) in [5.41, 5.74) is 0.00674. The van der Waals surface area contributed by atoms with Crippen LogP contribution in [0.5, 0.6) is 0 Å². The zero-order valence-corrected chi connectivity index (χ0v) is 13.3. The van der Waals surface area contributed by atoms with Crippen LogP contribution in [0.25, 0.3) is 0 Å². The van der Waals surface area contributed by atoms with Gasteiger partial charge in [-0.05, 0) is 25.1 Å². The molecule has 2 atom stereocenters. The summed E-state index contributed by atoms with van der Waals surface area (Å²) < 4.78 is 33.7. The molecule has 112 valence electrons. The molecule has 3 N–H and O–H groups in total. The highest BCUT2D eigenvalue weighted by Crippen LogP contribution is 2.19. The zero-order chi connectivity index (χ0) is 15.5. The quantitative estimate of drug-likeness (QED) is 0.814. The van der Waals surface area contributed by atoms with Crippen molar-refractivity contribution in [3.05, 3.63) is 28.8 Å². The van der Waals surface area contributed by atoms with Crippen LogP contribution in [-0.2, 0) is 20.8 Å². The van der Waals surface area contributed by atoms with E-state index in [9.17, 15) is 17.4 Å². The van der Waals surface area contributed by atoms with E-state index < -0.39 is 26.7 Å². The van der Waals surface area contributed by atoms with E-state index in [0.717, 1.165) is 6.07 Å². The van der Waals surface area contributed by atoms with Gasteiger partial charge in [0, 0.05) is 28.9 Å². The maximum absolute atomic E-state index is 11.9. The smallest absolute Gasteiger partial charge is 0.252 e. The maximum atomic E-state index is 11.9. The van der Waals surface area contributed by atoms with Crippen molar-refractivity contribution in [2.45, 2.75) is 17.1 Å². The van der Waals surface area contributed by atoms with E-state index in [2.05, 4.69) is 5.32 Å². The minimum absolute atomic E-state index is 0.00674. The molecule has 6 nitrogen and oxygen atoms in total. The second-order valence-corrected chi connectivity index (χ2v) is 7.98. The minimum Gasteiger partial charge on any atom is -0.351 e. The fraction of sp³-hybridized carbons (Fsp3) is 0.364.